The van der Waals surface area contributed by atoms with Gasteiger partial charge in [-0.25, -0.2) is 4.98 Å². The van der Waals surface area contributed by atoms with Gasteiger partial charge in [-0.05, 0) is 38.0 Å². The van der Waals surface area contributed by atoms with Gasteiger partial charge in [0.1, 0.15) is 5.82 Å². The molecule has 6 nitrogen and oxygen atoms in total. The van der Waals surface area contributed by atoms with Gasteiger partial charge in [-0.1, -0.05) is 0 Å². The van der Waals surface area contributed by atoms with Crippen molar-refractivity contribution in [1.82, 2.24) is 20.2 Å². The molecule has 2 amide bonds. The molecule has 0 radical (unpaired) electrons. The number of hydrogen-bond acceptors (Lipinski definition) is 3. The first-order valence-electron chi connectivity index (χ1n) is 7.55. The van der Waals surface area contributed by atoms with Crippen LogP contribution in [0.15, 0.2) is 18.2 Å². The highest BCUT2D eigenvalue weighted by Gasteiger charge is 2.28. The molecule has 1 fully saturated rings. The van der Waals surface area contributed by atoms with Crippen LogP contribution in [0.25, 0.3) is 11.0 Å². The van der Waals surface area contributed by atoms with Crippen LogP contribution in [0.1, 0.15) is 29.0 Å². The molecule has 0 saturated heterocycles. The number of rotatable bonds is 5. The van der Waals surface area contributed by atoms with Gasteiger partial charge >= 0.3 is 0 Å². The minimum Gasteiger partial charge on any atom is -0.354 e. The largest absolute Gasteiger partial charge is 0.354 e. The van der Waals surface area contributed by atoms with Crippen LogP contribution in [0.2, 0.25) is 0 Å². The monoisotopic (exact) mass is 300 g/mol. The van der Waals surface area contributed by atoms with Crippen molar-refractivity contribution in [2.24, 2.45) is 13.0 Å². The Morgan fingerprint density at radius 1 is 1.27 bits per heavy atom. The van der Waals surface area contributed by atoms with Crippen molar-refractivity contribution in [2.75, 3.05) is 13.1 Å². The molecule has 1 aliphatic carbocycles. The molecule has 0 atom stereocenters. The molecular formula is C16H20N4O2. The van der Waals surface area contributed by atoms with Crippen LogP contribution >= 0.6 is 0 Å². The summed E-state index contributed by atoms with van der Waals surface area (Å²) in [5, 5.41) is 5.63. The molecule has 0 spiro atoms. The summed E-state index contributed by atoms with van der Waals surface area (Å²) in [5.74, 6) is 1.06. The predicted molar refractivity (Wildman–Crippen MR) is 83.5 cm³/mol. The molecule has 0 aliphatic heterocycles. The number of fused-ring (bicyclic) bond motifs is 1. The van der Waals surface area contributed by atoms with E-state index in [0.29, 0.717) is 18.7 Å². The number of amides is 2. The van der Waals surface area contributed by atoms with Crippen molar-refractivity contribution in [3.05, 3.63) is 29.6 Å². The average Bonchev–Trinajstić information content (AvgIpc) is 3.31. The molecule has 116 valence electrons. The van der Waals surface area contributed by atoms with E-state index >= 15 is 0 Å². The van der Waals surface area contributed by atoms with Gasteiger partial charge in [0.2, 0.25) is 5.91 Å². The van der Waals surface area contributed by atoms with Gasteiger partial charge in [0.15, 0.2) is 0 Å². The van der Waals surface area contributed by atoms with Crippen LogP contribution < -0.4 is 10.6 Å². The molecule has 0 bridgehead atoms. The molecule has 2 N–H and O–H groups in total. The summed E-state index contributed by atoms with van der Waals surface area (Å²) in [7, 11) is 1.95. The third-order valence-electron chi connectivity index (χ3n) is 4.02. The van der Waals surface area contributed by atoms with E-state index in [2.05, 4.69) is 15.6 Å². The quantitative estimate of drug-likeness (QED) is 0.813. The molecule has 1 saturated carbocycles. The number of benzene rings is 1. The standard InChI is InChI=1S/C16H20N4O2/c1-10-19-13-9-12(5-6-14(13)20(10)2)16(22)18-8-7-17-15(21)11-3-4-11/h5-6,9,11H,3-4,7-8H2,1-2H3,(H,17,21)(H,18,22). The van der Waals surface area contributed by atoms with Crippen LogP contribution in [0.4, 0.5) is 0 Å². The first kappa shape index (κ1) is 14.6. The van der Waals surface area contributed by atoms with E-state index in [1.165, 1.54) is 0 Å². The zero-order chi connectivity index (χ0) is 15.7. The number of carbonyl (C=O) groups excluding carboxylic acids is 2. The summed E-state index contributed by atoms with van der Waals surface area (Å²) in [5.41, 5.74) is 2.40. The Morgan fingerprint density at radius 3 is 2.73 bits per heavy atom. The fourth-order valence-corrected chi connectivity index (χ4v) is 2.42. The maximum absolute atomic E-state index is 12.1. The third-order valence-corrected chi connectivity index (χ3v) is 4.02. The SMILES string of the molecule is Cc1nc2cc(C(=O)NCCNC(=O)C3CC3)ccc2n1C. The van der Waals surface area contributed by atoms with Crippen molar-refractivity contribution in [1.29, 1.82) is 0 Å². The minimum absolute atomic E-state index is 0.0969. The summed E-state index contributed by atoms with van der Waals surface area (Å²) in [6, 6.07) is 5.49. The predicted octanol–water partition coefficient (Wildman–Crippen LogP) is 1.14. The lowest BCUT2D eigenvalue weighted by Gasteiger charge is -2.07. The van der Waals surface area contributed by atoms with Gasteiger partial charge in [-0.15, -0.1) is 0 Å². The lowest BCUT2D eigenvalue weighted by atomic mass is 10.2. The molecule has 0 unspecified atom stereocenters. The van der Waals surface area contributed by atoms with Crippen molar-refractivity contribution in [3.8, 4) is 0 Å². The van der Waals surface area contributed by atoms with Crippen LogP contribution in [0.5, 0.6) is 0 Å². The minimum atomic E-state index is -0.147. The number of nitrogens with one attached hydrogen (secondary N) is 2. The average molecular weight is 300 g/mol. The van der Waals surface area contributed by atoms with E-state index in [1.807, 2.05) is 24.6 Å². The number of aryl methyl sites for hydroxylation is 2. The molecule has 1 heterocycles. The van der Waals surface area contributed by atoms with Gasteiger partial charge in [0.25, 0.3) is 5.91 Å². The summed E-state index contributed by atoms with van der Waals surface area (Å²) < 4.78 is 1.99. The van der Waals surface area contributed by atoms with Crippen molar-refractivity contribution in [3.63, 3.8) is 0 Å². The zero-order valence-electron chi connectivity index (χ0n) is 12.8. The van der Waals surface area contributed by atoms with Gasteiger partial charge in [0, 0.05) is 31.6 Å². The number of hydrogen-bond donors (Lipinski definition) is 2. The van der Waals surface area contributed by atoms with Gasteiger partial charge in [-0.3, -0.25) is 9.59 Å². The highest BCUT2D eigenvalue weighted by molar-refractivity contribution is 5.97. The summed E-state index contributed by atoms with van der Waals surface area (Å²) in [6.45, 7) is 2.82. The highest BCUT2D eigenvalue weighted by Crippen LogP contribution is 2.28. The molecule has 1 aromatic heterocycles. The Bertz CT molecular complexity index is 731. The normalized spacial score (nSPS) is 14.1. The molecular weight excluding hydrogens is 280 g/mol. The Hall–Kier alpha value is -2.37. The second-order valence-corrected chi connectivity index (χ2v) is 5.74. The lowest BCUT2D eigenvalue weighted by Crippen LogP contribution is -2.35. The van der Waals surface area contributed by atoms with Crippen molar-refractivity contribution < 1.29 is 9.59 Å². The van der Waals surface area contributed by atoms with Crippen LogP contribution in [-0.2, 0) is 11.8 Å². The number of imidazole rings is 1. The maximum atomic E-state index is 12.1. The van der Waals surface area contributed by atoms with E-state index in [1.54, 1.807) is 12.1 Å². The van der Waals surface area contributed by atoms with E-state index in [4.69, 9.17) is 0 Å². The fourth-order valence-electron chi connectivity index (χ4n) is 2.42. The number of carbonyl (C=O) groups is 2. The second-order valence-electron chi connectivity index (χ2n) is 5.74. The molecule has 1 aliphatic rings. The van der Waals surface area contributed by atoms with Crippen molar-refractivity contribution in [2.45, 2.75) is 19.8 Å². The Kier molecular flexibility index (Phi) is 3.83. The summed E-state index contributed by atoms with van der Waals surface area (Å²) in [6.07, 6.45) is 1.98. The van der Waals surface area contributed by atoms with Crippen LogP contribution in [0.3, 0.4) is 0 Å². The topological polar surface area (TPSA) is 76.0 Å². The maximum Gasteiger partial charge on any atom is 0.251 e. The Balaban J connectivity index is 1.56. The molecule has 3 rings (SSSR count). The molecule has 1 aromatic carbocycles. The summed E-state index contributed by atoms with van der Waals surface area (Å²) in [4.78, 5) is 28.0. The highest BCUT2D eigenvalue weighted by atomic mass is 16.2. The van der Waals surface area contributed by atoms with Gasteiger partial charge in [0.05, 0.1) is 11.0 Å². The Morgan fingerprint density at radius 2 is 2.00 bits per heavy atom. The van der Waals surface area contributed by atoms with Crippen molar-refractivity contribution >= 4 is 22.8 Å². The number of aromatic nitrogens is 2. The van der Waals surface area contributed by atoms with Crippen LogP contribution in [-0.4, -0.2) is 34.5 Å². The molecule has 22 heavy (non-hydrogen) atoms. The Labute approximate surface area is 128 Å². The van der Waals surface area contributed by atoms with E-state index < -0.39 is 0 Å². The second kappa shape index (κ2) is 5.79. The first-order valence-corrected chi connectivity index (χ1v) is 7.55. The van der Waals surface area contributed by atoms with E-state index in [-0.39, 0.29) is 17.7 Å². The third kappa shape index (κ3) is 2.95. The first-order chi connectivity index (χ1) is 10.6. The number of nitrogens with zero attached hydrogens (tertiary/aromatic N) is 2. The van der Waals surface area contributed by atoms with E-state index in [0.717, 1.165) is 29.7 Å². The molecule has 6 heteroatoms. The van der Waals surface area contributed by atoms with Gasteiger partial charge < -0.3 is 15.2 Å². The van der Waals surface area contributed by atoms with Crippen LogP contribution in [0, 0.1) is 12.8 Å². The summed E-state index contributed by atoms with van der Waals surface area (Å²) >= 11 is 0. The smallest absolute Gasteiger partial charge is 0.251 e. The lowest BCUT2D eigenvalue weighted by molar-refractivity contribution is -0.122. The van der Waals surface area contributed by atoms with Gasteiger partial charge in [-0.2, -0.15) is 0 Å². The zero-order valence-corrected chi connectivity index (χ0v) is 12.8. The fraction of sp³-hybridized carbons (Fsp3) is 0.438. The molecule has 2 aromatic rings. The van der Waals surface area contributed by atoms with E-state index in [9.17, 15) is 9.59 Å².